The standard InChI is InChI=1S/C23H23N7O3S/c31-20-7-12(22(32)29-20)5-13-9-25-30-19(26-15-1-2-15)8-17(28-21(13)30)14-6-18(34-11-14)23(33)27-16-3-4-24-10-16/h5-6,8-9,11,15-16,24,26H,1-4,7,10H2,(H,27,33)(H,29,31,32)/b12-5+. The van der Waals surface area contributed by atoms with Gasteiger partial charge in [0, 0.05) is 46.8 Å². The first-order chi connectivity index (χ1) is 16.5. The van der Waals surface area contributed by atoms with Crippen LogP contribution in [0.15, 0.2) is 29.3 Å². The molecule has 1 unspecified atom stereocenters. The van der Waals surface area contributed by atoms with Crippen LogP contribution in [0.2, 0.25) is 0 Å². The van der Waals surface area contributed by atoms with Crippen LogP contribution in [0, 0.1) is 0 Å². The molecule has 1 saturated carbocycles. The van der Waals surface area contributed by atoms with E-state index in [0.717, 1.165) is 43.7 Å². The topological polar surface area (TPSA) is 130 Å². The molecule has 3 fully saturated rings. The number of imide groups is 1. The number of amides is 3. The van der Waals surface area contributed by atoms with Gasteiger partial charge in [0.25, 0.3) is 11.8 Å². The molecule has 5 heterocycles. The van der Waals surface area contributed by atoms with Gasteiger partial charge in [-0.3, -0.25) is 19.7 Å². The predicted octanol–water partition coefficient (Wildman–Crippen LogP) is 1.55. The maximum Gasteiger partial charge on any atom is 0.261 e. The van der Waals surface area contributed by atoms with Crippen LogP contribution in [0.25, 0.3) is 23.0 Å². The van der Waals surface area contributed by atoms with E-state index in [1.54, 1.807) is 16.8 Å². The molecule has 10 nitrogen and oxygen atoms in total. The molecule has 3 aromatic heterocycles. The summed E-state index contributed by atoms with van der Waals surface area (Å²) in [4.78, 5) is 41.8. The van der Waals surface area contributed by atoms with Crippen molar-refractivity contribution in [3.63, 3.8) is 0 Å². The predicted molar refractivity (Wildman–Crippen MR) is 127 cm³/mol. The second kappa shape index (κ2) is 8.33. The third-order valence-electron chi connectivity index (χ3n) is 6.17. The van der Waals surface area contributed by atoms with Crippen molar-refractivity contribution in [3.8, 4) is 11.3 Å². The summed E-state index contributed by atoms with van der Waals surface area (Å²) in [6, 6.07) is 4.35. The Hall–Kier alpha value is -3.57. The number of anilines is 1. The zero-order valence-electron chi connectivity index (χ0n) is 18.3. The van der Waals surface area contributed by atoms with Gasteiger partial charge in [-0.15, -0.1) is 11.3 Å². The summed E-state index contributed by atoms with van der Waals surface area (Å²) < 4.78 is 1.72. The van der Waals surface area contributed by atoms with Gasteiger partial charge in [0.15, 0.2) is 5.65 Å². The van der Waals surface area contributed by atoms with Crippen LogP contribution >= 0.6 is 11.3 Å². The zero-order chi connectivity index (χ0) is 23.2. The quantitative estimate of drug-likeness (QED) is 0.313. The fourth-order valence-electron chi connectivity index (χ4n) is 4.20. The molecule has 11 heteroatoms. The van der Waals surface area contributed by atoms with E-state index in [1.165, 1.54) is 11.3 Å². The van der Waals surface area contributed by atoms with Crippen LogP contribution in [0.5, 0.6) is 0 Å². The van der Waals surface area contributed by atoms with Gasteiger partial charge in [-0.2, -0.15) is 9.61 Å². The number of aromatic nitrogens is 3. The van der Waals surface area contributed by atoms with Crippen LogP contribution in [0.1, 0.15) is 40.9 Å². The molecular weight excluding hydrogens is 454 g/mol. The van der Waals surface area contributed by atoms with Gasteiger partial charge in [-0.05, 0) is 37.9 Å². The molecule has 6 rings (SSSR count). The Morgan fingerprint density at radius 3 is 2.82 bits per heavy atom. The largest absolute Gasteiger partial charge is 0.367 e. The van der Waals surface area contributed by atoms with Gasteiger partial charge < -0.3 is 16.0 Å². The van der Waals surface area contributed by atoms with E-state index in [2.05, 4.69) is 26.4 Å². The van der Waals surface area contributed by atoms with Crippen molar-refractivity contribution in [2.45, 2.75) is 37.8 Å². The first-order valence-electron chi connectivity index (χ1n) is 11.3. The van der Waals surface area contributed by atoms with Crippen molar-refractivity contribution >= 4 is 46.6 Å². The van der Waals surface area contributed by atoms with E-state index in [1.807, 2.05) is 17.5 Å². The number of hydrogen-bond donors (Lipinski definition) is 4. The van der Waals surface area contributed by atoms with E-state index in [9.17, 15) is 14.4 Å². The summed E-state index contributed by atoms with van der Waals surface area (Å²) in [6.07, 6.45) is 6.48. The lowest BCUT2D eigenvalue weighted by atomic mass is 10.1. The molecule has 0 bridgehead atoms. The molecular formula is C23H23N7O3S. The van der Waals surface area contributed by atoms with Crippen molar-refractivity contribution in [2.75, 3.05) is 18.4 Å². The summed E-state index contributed by atoms with van der Waals surface area (Å²) in [5, 5.41) is 18.5. The Kier molecular flexibility index (Phi) is 5.15. The number of carbonyl (C=O) groups is 3. The number of nitrogens with zero attached hydrogens (tertiary/aromatic N) is 3. The Morgan fingerprint density at radius 2 is 2.09 bits per heavy atom. The number of rotatable bonds is 6. The second-order valence-electron chi connectivity index (χ2n) is 8.87. The van der Waals surface area contributed by atoms with Crippen LogP contribution < -0.4 is 21.3 Å². The molecule has 0 spiro atoms. The highest BCUT2D eigenvalue weighted by Gasteiger charge is 2.26. The number of hydrogen-bond acceptors (Lipinski definition) is 8. The minimum Gasteiger partial charge on any atom is -0.367 e. The summed E-state index contributed by atoms with van der Waals surface area (Å²) in [5.41, 5.74) is 3.17. The van der Waals surface area contributed by atoms with Crippen LogP contribution in [0.3, 0.4) is 0 Å². The monoisotopic (exact) mass is 477 g/mol. The van der Waals surface area contributed by atoms with Crippen molar-refractivity contribution in [1.82, 2.24) is 30.5 Å². The Morgan fingerprint density at radius 1 is 1.21 bits per heavy atom. The van der Waals surface area contributed by atoms with Crippen molar-refractivity contribution in [3.05, 3.63) is 39.7 Å². The summed E-state index contributed by atoms with van der Waals surface area (Å²) in [6.45, 7) is 1.71. The lowest BCUT2D eigenvalue weighted by Gasteiger charge is -2.10. The van der Waals surface area contributed by atoms with Crippen molar-refractivity contribution in [1.29, 1.82) is 0 Å². The van der Waals surface area contributed by atoms with Crippen LogP contribution in [-0.4, -0.2) is 57.5 Å². The number of nitrogens with one attached hydrogen (secondary N) is 4. The molecule has 2 aliphatic heterocycles. The summed E-state index contributed by atoms with van der Waals surface area (Å²) in [5.74, 6) is 0.0279. The van der Waals surface area contributed by atoms with Crippen LogP contribution in [0.4, 0.5) is 5.82 Å². The van der Waals surface area contributed by atoms with E-state index in [0.29, 0.717) is 33.4 Å². The number of fused-ring (bicyclic) bond motifs is 1. The van der Waals surface area contributed by atoms with E-state index in [4.69, 9.17) is 4.98 Å². The molecule has 34 heavy (non-hydrogen) atoms. The summed E-state index contributed by atoms with van der Waals surface area (Å²) in [7, 11) is 0. The molecule has 1 aliphatic carbocycles. The molecule has 0 aromatic carbocycles. The molecule has 2 saturated heterocycles. The third-order valence-corrected chi connectivity index (χ3v) is 7.10. The fourth-order valence-corrected chi connectivity index (χ4v) is 5.01. The Labute approximate surface area is 198 Å². The fraction of sp³-hybridized carbons (Fsp3) is 0.348. The highest BCUT2D eigenvalue weighted by atomic mass is 32.1. The smallest absolute Gasteiger partial charge is 0.261 e. The Balaban J connectivity index is 1.36. The maximum absolute atomic E-state index is 12.7. The minimum atomic E-state index is -0.386. The van der Waals surface area contributed by atoms with Crippen molar-refractivity contribution in [2.24, 2.45) is 0 Å². The molecule has 3 amide bonds. The van der Waals surface area contributed by atoms with Gasteiger partial charge in [0.1, 0.15) is 5.82 Å². The zero-order valence-corrected chi connectivity index (χ0v) is 19.1. The highest BCUT2D eigenvalue weighted by Crippen LogP contribution is 2.31. The minimum absolute atomic E-state index is 0.0442. The lowest BCUT2D eigenvalue weighted by Crippen LogP contribution is -2.35. The van der Waals surface area contributed by atoms with E-state index < -0.39 is 0 Å². The van der Waals surface area contributed by atoms with Gasteiger partial charge in [-0.1, -0.05) is 0 Å². The van der Waals surface area contributed by atoms with Crippen LogP contribution in [-0.2, 0) is 9.59 Å². The maximum atomic E-state index is 12.7. The third kappa shape index (κ3) is 4.08. The van der Waals surface area contributed by atoms with Gasteiger partial charge in [-0.25, -0.2) is 4.98 Å². The molecule has 3 aliphatic rings. The molecule has 4 N–H and O–H groups in total. The van der Waals surface area contributed by atoms with E-state index in [-0.39, 0.29) is 30.2 Å². The number of thiophene rings is 1. The van der Waals surface area contributed by atoms with E-state index >= 15 is 0 Å². The first kappa shape index (κ1) is 21.0. The normalized spacial score (nSPS) is 21.4. The average molecular weight is 478 g/mol. The molecule has 1 atom stereocenters. The molecule has 0 radical (unpaired) electrons. The lowest BCUT2D eigenvalue weighted by molar-refractivity contribution is -0.124. The average Bonchev–Trinajstić information content (AvgIpc) is 3.24. The highest BCUT2D eigenvalue weighted by molar-refractivity contribution is 7.12. The van der Waals surface area contributed by atoms with Gasteiger partial charge >= 0.3 is 0 Å². The number of carbonyl (C=O) groups excluding carboxylic acids is 3. The van der Waals surface area contributed by atoms with Crippen molar-refractivity contribution < 1.29 is 14.4 Å². The van der Waals surface area contributed by atoms with Gasteiger partial charge in [0.05, 0.1) is 23.2 Å². The summed E-state index contributed by atoms with van der Waals surface area (Å²) >= 11 is 1.39. The molecule has 3 aromatic rings. The van der Waals surface area contributed by atoms with Gasteiger partial charge in [0.2, 0.25) is 5.91 Å². The first-order valence-corrected chi connectivity index (χ1v) is 12.2. The molecule has 174 valence electrons. The Bertz CT molecular complexity index is 1350. The SMILES string of the molecule is O=C1C/C(=C\c2cnn3c(NC4CC4)cc(-c4csc(C(=O)NC5CCNC5)c4)nc23)C(=O)N1. The second-order valence-corrected chi connectivity index (χ2v) is 9.78.